The van der Waals surface area contributed by atoms with Crippen LogP contribution in [0.2, 0.25) is 0 Å². The van der Waals surface area contributed by atoms with E-state index in [2.05, 4.69) is 24.5 Å². The van der Waals surface area contributed by atoms with Crippen LogP contribution in [0.25, 0.3) is 0 Å². The third kappa shape index (κ3) is 16.0. The minimum Gasteiger partial charge on any atom is -0.352 e. The van der Waals surface area contributed by atoms with Gasteiger partial charge in [-0.15, -0.1) is 11.8 Å². The van der Waals surface area contributed by atoms with E-state index in [0.717, 1.165) is 36.3 Å². The fraction of sp³-hybridized carbons (Fsp3) is 0.733. The van der Waals surface area contributed by atoms with E-state index >= 15 is 0 Å². The lowest BCUT2D eigenvalue weighted by Crippen LogP contribution is -2.24. The number of benzene rings is 1. The zero-order valence-corrected chi connectivity index (χ0v) is 23.7. The summed E-state index contributed by atoms with van der Waals surface area (Å²) in [5.41, 5.74) is 1.34. The Morgan fingerprint density at radius 2 is 1.23 bits per heavy atom. The van der Waals surface area contributed by atoms with Crippen LogP contribution in [0, 0.1) is 0 Å². The van der Waals surface area contributed by atoms with E-state index in [0.29, 0.717) is 18.5 Å². The van der Waals surface area contributed by atoms with E-state index in [1.54, 1.807) is 17.8 Å². The number of carbonyl (C=O) groups excluding carboxylic acids is 2. The lowest BCUT2D eigenvalue weighted by Gasteiger charge is -2.12. The van der Waals surface area contributed by atoms with Crippen LogP contribution in [0.1, 0.15) is 140 Å². The highest BCUT2D eigenvalue weighted by Gasteiger charge is 2.11. The molecule has 0 aliphatic carbocycles. The molecule has 0 aliphatic rings. The van der Waals surface area contributed by atoms with E-state index in [1.165, 1.54) is 83.5 Å². The number of amides is 2. The van der Waals surface area contributed by atoms with Gasteiger partial charge < -0.3 is 10.6 Å². The highest BCUT2D eigenvalue weighted by Crippen LogP contribution is 2.27. The summed E-state index contributed by atoms with van der Waals surface area (Å²) in [4.78, 5) is 25.8. The Hall–Kier alpha value is -1.49. The van der Waals surface area contributed by atoms with Crippen molar-refractivity contribution in [3.63, 3.8) is 0 Å². The molecule has 2 N–H and O–H groups in total. The molecule has 0 saturated carbocycles. The van der Waals surface area contributed by atoms with Gasteiger partial charge in [0.05, 0.1) is 5.69 Å². The number of anilines is 1. The minimum atomic E-state index is -0.0796. The highest BCUT2D eigenvalue weighted by atomic mass is 32.2. The van der Waals surface area contributed by atoms with Crippen LogP contribution >= 0.6 is 11.8 Å². The number of thioether (sulfide) groups is 1. The van der Waals surface area contributed by atoms with Crippen molar-refractivity contribution >= 4 is 29.3 Å². The van der Waals surface area contributed by atoms with Crippen LogP contribution in [-0.4, -0.2) is 24.6 Å². The standard InChI is InChI=1S/C30H52N2O2S/c1-4-6-8-9-10-11-12-13-14-15-16-17-18-19-20-21-29(33)32-27-25-26(22-23-28(27)35-3)30(34)31-24-7-5-2/h22-23,25H,4-21,24H2,1-3H3,(H,31,34)(H,32,33). The first-order valence-electron chi connectivity index (χ1n) is 14.4. The molecule has 1 aromatic rings. The van der Waals surface area contributed by atoms with Gasteiger partial charge in [-0.3, -0.25) is 9.59 Å². The molecule has 0 spiro atoms. The molecule has 0 fully saturated rings. The molecule has 0 aromatic heterocycles. The van der Waals surface area contributed by atoms with Gasteiger partial charge in [0.2, 0.25) is 5.91 Å². The average Bonchev–Trinajstić information content (AvgIpc) is 2.86. The molecule has 5 heteroatoms. The SMILES string of the molecule is CCCCCCCCCCCCCCCCCC(=O)Nc1cc(C(=O)NCCCC)ccc1SC. The second-order valence-corrected chi connectivity index (χ2v) is 10.6. The van der Waals surface area contributed by atoms with Crippen LogP contribution in [-0.2, 0) is 4.79 Å². The second-order valence-electron chi connectivity index (χ2n) is 9.77. The molecule has 4 nitrogen and oxygen atoms in total. The van der Waals surface area contributed by atoms with Gasteiger partial charge in [0, 0.05) is 23.4 Å². The molecule has 0 aliphatic heterocycles. The van der Waals surface area contributed by atoms with Crippen molar-refractivity contribution in [1.82, 2.24) is 5.32 Å². The van der Waals surface area contributed by atoms with Crippen LogP contribution in [0.15, 0.2) is 23.1 Å². The molecule has 0 unspecified atom stereocenters. The summed E-state index contributed by atoms with van der Waals surface area (Å²) in [6.07, 6.45) is 24.4. The quantitative estimate of drug-likeness (QED) is 0.122. The first-order chi connectivity index (χ1) is 17.1. The van der Waals surface area contributed by atoms with Crippen molar-refractivity contribution in [2.45, 2.75) is 134 Å². The molecular formula is C30H52N2O2S. The van der Waals surface area contributed by atoms with Crippen LogP contribution in [0.5, 0.6) is 0 Å². The van der Waals surface area contributed by atoms with Gasteiger partial charge in [-0.1, -0.05) is 110 Å². The Morgan fingerprint density at radius 3 is 1.74 bits per heavy atom. The van der Waals surface area contributed by atoms with Gasteiger partial charge >= 0.3 is 0 Å². The van der Waals surface area contributed by atoms with Crippen molar-refractivity contribution in [2.75, 3.05) is 18.1 Å². The topological polar surface area (TPSA) is 58.2 Å². The van der Waals surface area contributed by atoms with Gasteiger partial charge in [-0.2, -0.15) is 0 Å². The maximum Gasteiger partial charge on any atom is 0.251 e. The van der Waals surface area contributed by atoms with Crippen molar-refractivity contribution in [3.05, 3.63) is 23.8 Å². The first-order valence-corrected chi connectivity index (χ1v) is 15.6. The summed E-state index contributed by atoms with van der Waals surface area (Å²) in [7, 11) is 0. The van der Waals surface area contributed by atoms with Crippen LogP contribution < -0.4 is 10.6 Å². The lowest BCUT2D eigenvalue weighted by molar-refractivity contribution is -0.116. The van der Waals surface area contributed by atoms with Gasteiger partial charge in [-0.05, 0) is 37.3 Å². The fourth-order valence-corrected chi connectivity index (χ4v) is 4.83. The first kappa shape index (κ1) is 31.5. The summed E-state index contributed by atoms with van der Waals surface area (Å²) in [6, 6.07) is 5.55. The Kier molecular flexibility index (Phi) is 19.6. The summed E-state index contributed by atoms with van der Waals surface area (Å²) in [5.74, 6) is -0.0393. The normalized spacial score (nSPS) is 10.9. The smallest absolute Gasteiger partial charge is 0.251 e. The predicted octanol–water partition coefficient (Wildman–Crippen LogP) is 9.14. The molecule has 200 valence electrons. The maximum absolute atomic E-state index is 12.5. The molecule has 1 aromatic carbocycles. The van der Waals surface area contributed by atoms with E-state index in [1.807, 2.05) is 18.4 Å². The summed E-state index contributed by atoms with van der Waals surface area (Å²) in [6.45, 7) is 5.06. The van der Waals surface area contributed by atoms with Gasteiger partial charge in [-0.25, -0.2) is 0 Å². The summed E-state index contributed by atoms with van der Waals surface area (Å²) in [5, 5.41) is 5.98. The number of rotatable bonds is 22. The molecule has 0 radical (unpaired) electrons. The lowest BCUT2D eigenvalue weighted by atomic mass is 10.0. The van der Waals surface area contributed by atoms with Crippen molar-refractivity contribution in [1.29, 1.82) is 0 Å². The van der Waals surface area contributed by atoms with Crippen molar-refractivity contribution < 1.29 is 9.59 Å². The van der Waals surface area contributed by atoms with Gasteiger partial charge in [0.1, 0.15) is 0 Å². The van der Waals surface area contributed by atoms with Gasteiger partial charge in [0.15, 0.2) is 0 Å². The number of hydrogen-bond donors (Lipinski definition) is 2. The second kappa shape index (κ2) is 21.8. The zero-order chi connectivity index (χ0) is 25.6. The van der Waals surface area contributed by atoms with Crippen LogP contribution in [0.4, 0.5) is 5.69 Å². The maximum atomic E-state index is 12.5. The monoisotopic (exact) mass is 504 g/mol. The molecule has 0 atom stereocenters. The zero-order valence-electron chi connectivity index (χ0n) is 22.9. The molecule has 0 saturated heterocycles. The molecule has 2 amide bonds. The van der Waals surface area contributed by atoms with E-state index in [-0.39, 0.29) is 11.8 Å². The Morgan fingerprint density at radius 1 is 0.714 bits per heavy atom. The molecular weight excluding hydrogens is 452 g/mol. The number of unbranched alkanes of at least 4 members (excludes halogenated alkanes) is 15. The minimum absolute atomic E-state index is 0.0403. The molecule has 0 heterocycles. The molecule has 1 rings (SSSR count). The van der Waals surface area contributed by atoms with E-state index < -0.39 is 0 Å². The highest BCUT2D eigenvalue weighted by molar-refractivity contribution is 7.98. The fourth-order valence-electron chi connectivity index (χ4n) is 4.30. The van der Waals surface area contributed by atoms with Crippen LogP contribution in [0.3, 0.4) is 0 Å². The Bertz CT molecular complexity index is 693. The Labute approximate surface area is 220 Å². The number of hydrogen-bond acceptors (Lipinski definition) is 3. The number of nitrogens with one attached hydrogen (secondary N) is 2. The third-order valence-electron chi connectivity index (χ3n) is 6.56. The van der Waals surface area contributed by atoms with E-state index in [9.17, 15) is 9.59 Å². The van der Waals surface area contributed by atoms with Gasteiger partial charge in [0.25, 0.3) is 5.91 Å². The van der Waals surface area contributed by atoms with Crippen molar-refractivity contribution in [3.8, 4) is 0 Å². The third-order valence-corrected chi connectivity index (χ3v) is 7.35. The molecule has 0 bridgehead atoms. The summed E-state index contributed by atoms with van der Waals surface area (Å²) >= 11 is 1.58. The predicted molar refractivity (Wildman–Crippen MR) is 154 cm³/mol. The number of carbonyl (C=O) groups is 2. The van der Waals surface area contributed by atoms with Crippen molar-refractivity contribution in [2.24, 2.45) is 0 Å². The molecule has 35 heavy (non-hydrogen) atoms. The average molecular weight is 505 g/mol. The van der Waals surface area contributed by atoms with E-state index in [4.69, 9.17) is 0 Å². The Balaban J connectivity index is 2.14. The summed E-state index contributed by atoms with van der Waals surface area (Å²) < 4.78 is 0. The largest absolute Gasteiger partial charge is 0.352 e.